The van der Waals surface area contributed by atoms with E-state index in [4.69, 9.17) is 10.5 Å². The molecule has 0 saturated carbocycles. The number of hydrogen-bond donors (Lipinski definition) is 1. The standard InChI is InChI=1S/C15H18N2O/c1-11-9-14(7-8-15(11)18-3)17(2)13-6-4-5-12(16)10-13/h4-10H,16H2,1-3H3. The maximum absolute atomic E-state index is 5.80. The highest BCUT2D eigenvalue weighted by Gasteiger charge is 2.06. The van der Waals surface area contributed by atoms with Crippen molar-refractivity contribution in [3.63, 3.8) is 0 Å². The molecule has 0 bridgehead atoms. The molecule has 0 aliphatic carbocycles. The first-order chi connectivity index (χ1) is 8.61. The van der Waals surface area contributed by atoms with E-state index < -0.39 is 0 Å². The lowest BCUT2D eigenvalue weighted by Gasteiger charge is -2.21. The molecule has 2 rings (SSSR count). The minimum atomic E-state index is 0.768. The minimum Gasteiger partial charge on any atom is -0.496 e. The fourth-order valence-electron chi connectivity index (χ4n) is 1.95. The number of methoxy groups -OCH3 is 1. The Morgan fingerprint density at radius 1 is 1.06 bits per heavy atom. The van der Waals surface area contributed by atoms with Crippen LogP contribution in [0, 0.1) is 6.92 Å². The molecule has 0 spiro atoms. The maximum Gasteiger partial charge on any atom is 0.121 e. The van der Waals surface area contributed by atoms with Crippen molar-refractivity contribution in [3.05, 3.63) is 48.0 Å². The Labute approximate surface area is 108 Å². The van der Waals surface area contributed by atoms with Crippen LogP contribution in [0.1, 0.15) is 5.56 Å². The Kier molecular flexibility index (Phi) is 3.42. The van der Waals surface area contributed by atoms with Gasteiger partial charge < -0.3 is 15.4 Å². The van der Waals surface area contributed by atoms with E-state index >= 15 is 0 Å². The van der Waals surface area contributed by atoms with E-state index in [0.717, 1.165) is 28.4 Å². The van der Waals surface area contributed by atoms with Gasteiger partial charge in [-0.25, -0.2) is 0 Å². The smallest absolute Gasteiger partial charge is 0.121 e. The number of anilines is 3. The molecule has 0 heterocycles. The monoisotopic (exact) mass is 242 g/mol. The molecule has 0 atom stereocenters. The highest BCUT2D eigenvalue weighted by molar-refractivity contribution is 5.67. The Bertz CT molecular complexity index is 552. The van der Waals surface area contributed by atoms with Crippen molar-refractivity contribution in [3.8, 4) is 5.75 Å². The summed E-state index contributed by atoms with van der Waals surface area (Å²) in [6, 6.07) is 14.0. The summed E-state index contributed by atoms with van der Waals surface area (Å²) in [5.41, 5.74) is 9.87. The Balaban J connectivity index is 2.34. The zero-order valence-corrected chi connectivity index (χ0v) is 11.0. The molecule has 18 heavy (non-hydrogen) atoms. The summed E-state index contributed by atoms with van der Waals surface area (Å²) < 4.78 is 5.27. The van der Waals surface area contributed by atoms with Crippen LogP contribution < -0.4 is 15.4 Å². The van der Waals surface area contributed by atoms with Gasteiger partial charge in [-0.15, -0.1) is 0 Å². The molecule has 0 amide bonds. The zero-order valence-electron chi connectivity index (χ0n) is 11.0. The van der Waals surface area contributed by atoms with Gasteiger partial charge >= 0.3 is 0 Å². The summed E-state index contributed by atoms with van der Waals surface area (Å²) in [6.45, 7) is 2.04. The number of aryl methyl sites for hydroxylation is 1. The molecule has 0 aliphatic rings. The number of rotatable bonds is 3. The van der Waals surface area contributed by atoms with Crippen LogP contribution in [-0.2, 0) is 0 Å². The highest BCUT2D eigenvalue weighted by Crippen LogP contribution is 2.29. The van der Waals surface area contributed by atoms with Crippen molar-refractivity contribution in [2.45, 2.75) is 6.92 Å². The molecule has 0 radical (unpaired) electrons. The van der Waals surface area contributed by atoms with E-state index in [1.807, 2.05) is 50.4 Å². The van der Waals surface area contributed by atoms with Crippen molar-refractivity contribution >= 4 is 17.1 Å². The van der Waals surface area contributed by atoms with Crippen molar-refractivity contribution in [2.75, 3.05) is 24.8 Å². The van der Waals surface area contributed by atoms with Crippen LogP contribution in [0.25, 0.3) is 0 Å². The molecule has 0 aromatic heterocycles. The van der Waals surface area contributed by atoms with Crippen LogP contribution in [0.3, 0.4) is 0 Å². The van der Waals surface area contributed by atoms with E-state index in [0.29, 0.717) is 0 Å². The average molecular weight is 242 g/mol. The molecule has 2 N–H and O–H groups in total. The van der Waals surface area contributed by atoms with Gasteiger partial charge in [-0.3, -0.25) is 0 Å². The van der Waals surface area contributed by atoms with E-state index in [9.17, 15) is 0 Å². The maximum atomic E-state index is 5.80. The number of hydrogen-bond acceptors (Lipinski definition) is 3. The van der Waals surface area contributed by atoms with Crippen molar-refractivity contribution in [2.24, 2.45) is 0 Å². The number of nitrogen functional groups attached to an aromatic ring is 1. The molecule has 0 fully saturated rings. The Morgan fingerprint density at radius 2 is 1.78 bits per heavy atom. The van der Waals surface area contributed by atoms with Crippen LogP contribution in [0.4, 0.5) is 17.1 Å². The van der Waals surface area contributed by atoms with Crippen LogP contribution in [0.2, 0.25) is 0 Å². The normalized spacial score (nSPS) is 10.2. The summed E-state index contributed by atoms with van der Waals surface area (Å²) in [5.74, 6) is 0.903. The quantitative estimate of drug-likeness (QED) is 0.839. The van der Waals surface area contributed by atoms with E-state index in [-0.39, 0.29) is 0 Å². The fourth-order valence-corrected chi connectivity index (χ4v) is 1.95. The first-order valence-corrected chi connectivity index (χ1v) is 5.85. The molecular formula is C15H18N2O. The lowest BCUT2D eigenvalue weighted by atomic mass is 10.1. The van der Waals surface area contributed by atoms with Gasteiger partial charge in [-0.05, 0) is 48.9 Å². The Morgan fingerprint density at radius 3 is 2.39 bits per heavy atom. The predicted octanol–water partition coefficient (Wildman–Crippen LogP) is 3.35. The SMILES string of the molecule is COc1ccc(N(C)c2cccc(N)c2)cc1C. The molecule has 3 heteroatoms. The van der Waals surface area contributed by atoms with Crippen molar-refractivity contribution < 1.29 is 4.74 Å². The molecular weight excluding hydrogens is 224 g/mol. The van der Waals surface area contributed by atoms with Crippen LogP contribution in [0.5, 0.6) is 5.75 Å². The largest absolute Gasteiger partial charge is 0.496 e. The number of ether oxygens (including phenoxy) is 1. The zero-order chi connectivity index (χ0) is 13.1. The second-order valence-electron chi connectivity index (χ2n) is 4.31. The summed E-state index contributed by atoms with van der Waals surface area (Å²) >= 11 is 0. The average Bonchev–Trinajstić information content (AvgIpc) is 2.37. The molecule has 3 nitrogen and oxygen atoms in total. The van der Waals surface area contributed by atoms with Crippen LogP contribution in [0.15, 0.2) is 42.5 Å². The van der Waals surface area contributed by atoms with Gasteiger partial charge in [0, 0.05) is 24.1 Å². The molecule has 0 unspecified atom stereocenters. The van der Waals surface area contributed by atoms with E-state index in [1.165, 1.54) is 0 Å². The second-order valence-corrected chi connectivity index (χ2v) is 4.31. The van der Waals surface area contributed by atoms with Crippen LogP contribution >= 0.6 is 0 Å². The topological polar surface area (TPSA) is 38.5 Å². The van der Waals surface area contributed by atoms with Crippen molar-refractivity contribution in [1.82, 2.24) is 0 Å². The van der Waals surface area contributed by atoms with Crippen molar-refractivity contribution in [1.29, 1.82) is 0 Å². The summed E-state index contributed by atoms with van der Waals surface area (Å²) in [5, 5.41) is 0. The van der Waals surface area contributed by atoms with Gasteiger partial charge in [0.05, 0.1) is 7.11 Å². The summed E-state index contributed by atoms with van der Waals surface area (Å²) in [6.07, 6.45) is 0. The third-order valence-corrected chi connectivity index (χ3v) is 3.02. The van der Waals surface area contributed by atoms with Gasteiger partial charge in [0.2, 0.25) is 0 Å². The van der Waals surface area contributed by atoms with E-state index in [2.05, 4.69) is 11.0 Å². The number of benzene rings is 2. The molecule has 2 aromatic rings. The van der Waals surface area contributed by atoms with Crippen LogP contribution in [-0.4, -0.2) is 14.2 Å². The number of nitrogens with zero attached hydrogens (tertiary/aromatic N) is 1. The first kappa shape index (κ1) is 12.3. The van der Waals surface area contributed by atoms with Gasteiger partial charge in [-0.2, -0.15) is 0 Å². The fraction of sp³-hybridized carbons (Fsp3) is 0.200. The third-order valence-electron chi connectivity index (χ3n) is 3.02. The van der Waals surface area contributed by atoms with Gasteiger partial charge in [0.25, 0.3) is 0 Å². The van der Waals surface area contributed by atoms with Gasteiger partial charge in [-0.1, -0.05) is 6.07 Å². The van der Waals surface area contributed by atoms with Gasteiger partial charge in [0.1, 0.15) is 5.75 Å². The molecule has 0 aliphatic heterocycles. The summed E-state index contributed by atoms with van der Waals surface area (Å²) in [4.78, 5) is 2.10. The lowest BCUT2D eigenvalue weighted by Crippen LogP contribution is -2.09. The highest BCUT2D eigenvalue weighted by atomic mass is 16.5. The summed E-state index contributed by atoms with van der Waals surface area (Å²) in [7, 11) is 3.71. The molecule has 94 valence electrons. The number of nitrogens with two attached hydrogens (primary N) is 1. The Hall–Kier alpha value is -2.16. The van der Waals surface area contributed by atoms with Gasteiger partial charge in [0.15, 0.2) is 0 Å². The molecule has 2 aromatic carbocycles. The second kappa shape index (κ2) is 5.00. The lowest BCUT2D eigenvalue weighted by molar-refractivity contribution is 0.412. The minimum absolute atomic E-state index is 0.768. The van der Waals surface area contributed by atoms with E-state index in [1.54, 1.807) is 7.11 Å². The molecule has 0 saturated heterocycles. The first-order valence-electron chi connectivity index (χ1n) is 5.85. The predicted molar refractivity (Wildman–Crippen MR) is 76.6 cm³/mol. The third kappa shape index (κ3) is 2.40.